The quantitative estimate of drug-likeness (QED) is 0.826. The molecule has 4 heteroatoms. The molecule has 0 saturated carbocycles. The number of hydrogen-bond acceptors (Lipinski definition) is 3. The molecule has 0 spiro atoms. The molecule has 1 atom stereocenters. The summed E-state index contributed by atoms with van der Waals surface area (Å²) in [5.41, 5.74) is 1.86. The molecule has 1 unspecified atom stereocenters. The van der Waals surface area contributed by atoms with Crippen LogP contribution in [0.5, 0.6) is 0 Å². The number of fused-ring (bicyclic) bond motifs is 1. The van der Waals surface area contributed by atoms with Crippen molar-refractivity contribution in [3.05, 3.63) is 30.1 Å². The molecule has 0 aliphatic heterocycles. The molecular weight excluding hydrogens is 226 g/mol. The fourth-order valence-corrected chi connectivity index (χ4v) is 2.29. The summed E-state index contributed by atoms with van der Waals surface area (Å²) in [7, 11) is 0. The molecule has 1 heterocycles. The second-order valence-electron chi connectivity index (χ2n) is 4.48. The van der Waals surface area contributed by atoms with Gasteiger partial charge >= 0.3 is 0 Å². The lowest BCUT2D eigenvalue weighted by molar-refractivity contribution is -0.117. The van der Waals surface area contributed by atoms with Crippen LogP contribution in [0.2, 0.25) is 0 Å². The van der Waals surface area contributed by atoms with Gasteiger partial charge in [-0.05, 0) is 26.0 Å². The van der Waals surface area contributed by atoms with Crippen molar-refractivity contribution in [3.8, 4) is 6.07 Å². The van der Waals surface area contributed by atoms with Crippen LogP contribution >= 0.6 is 0 Å². The van der Waals surface area contributed by atoms with Gasteiger partial charge in [-0.15, -0.1) is 0 Å². The lowest BCUT2D eigenvalue weighted by Gasteiger charge is -2.15. The summed E-state index contributed by atoms with van der Waals surface area (Å²) in [6, 6.07) is 9.91. The number of aromatic nitrogens is 2. The number of nitriles is 1. The molecule has 0 saturated heterocycles. The Morgan fingerprint density at radius 2 is 2.22 bits per heavy atom. The molecule has 1 aromatic carbocycles. The molecule has 2 rings (SSSR count). The van der Waals surface area contributed by atoms with Crippen molar-refractivity contribution in [2.24, 2.45) is 0 Å². The van der Waals surface area contributed by atoms with Crippen molar-refractivity contribution in [2.75, 3.05) is 0 Å². The minimum absolute atomic E-state index is 0.0262. The summed E-state index contributed by atoms with van der Waals surface area (Å²) in [5.74, 6) is 0.871. The Hall–Kier alpha value is -2.15. The topological polar surface area (TPSA) is 58.7 Å². The number of benzene rings is 1. The summed E-state index contributed by atoms with van der Waals surface area (Å²) in [6.45, 7) is 3.57. The Labute approximate surface area is 106 Å². The summed E-state index contributed by atoms with van der Waals surface area (Å²) in [5, 5.41) is 8.86. The maximum absolute atomic E-state index is 11.3. The van der Waals surface area contributed by atoms with Gasteiger partial charge in [0.15, 0.2) is 0 Å². The molecule has 18 heavy (non-hydrogen) atoms. The largest absolute Gasteiger partial charge is 0.324 e. The van der Waals surface area contributed by atoms with Gasteiger partial charge in [0.2, 0.25) is 0 Å². The first kappa shape index (κ1) is 12.3. The minimum atomic E-state index is 0.0262. The first-order chi connectivity index (χ1) is 8.63. The van der Waals surface area contributed by atoms with Gasteiger partial charge in [-0.2, -0.15) is 5.26 Å². The summed E-state index contributed by atoms with van der Waals surface area (Å²) in [4.78, 5) is 15.7. The Balaban J connectivity index is 2.54. The van der Waals surface area contributed by atoms with Crippen LogP contribution in [0.15, 0.2) is 24.3 Å². The van der Waals surface area contributed by atoms with Gasteiger partial charge in [0, 0.05) is 12.5 Å². The van der Waals surface area contributed by atoms with Crippen LogP contribution in [0.1, 0.15) is 32.1 Å². The zero-order chi connectivity index (χ0) is 13.1. The van der Waals surface area contributed by atoms with Crippen molar-refractivity contribution < 1.29 is 4.79 Å². The van der Waals surface area contributed by atoms with E-state index in [2.05, 4.69) is 11.1 Å². The summed E-state index contributed by atoms with van der Waals surface area (Å²) < 4.78 is 2.00. The first-order valence-corrected chi connectivity index (χ1v) is 5.95. The molecular formula is C14H15N3O. The highest BCUT2D eigenvalue weighted by molar-refractivity contribution is 5.78. The predicted molar refractivity (Wildman–Crippen MR) is 69.1 cm³/mol. The molecule has 0 amide bonds. The van der Waals surface area contributed by atoms with E-state index in [9.17, 15) is 4.79 Å². The van der Waals surface area contributed by atoms with Crippen LogP contribution in [0, 0.1) is 11.3 Å². The number of ketones is 1. The second-order valence-corrected chi connectivity index (χ2v) is 4.48. The Morgan fingerprint density at radius 1 is 1.50 bits per heavy atom. The van der Waals surface area contributed by atoms with E-state index in [1.807, 2.05) is 35.8 Å². The molecule has 1 aromatic heterocycles. The lowest BCUT2D eigenvalue weighted by Crippen LogP contribution is -2.12. The Bertz CT molecular complexity index is 621. The van der Waals surface area contributed by atoms with Crippen LogP contribution in [0.4, 0.5) is 0 Å². The first-order valence-electron chi connectivity index (χ1n) is 5.95. The van der Waals surface area contributed by atoms with Crippen LogP contribution in [0.3, 0.4) is 0 Å². The molecule has 0 aliphatic rings. The number of imidazole rings is 1. The van der Waals surface area contributed by atoms with Crippen LogP contribution in [-0.2, 0) is 11.2 Å². The minimum Gasteiger partial charge on any atom is -0.324 e. The van der Waals surface area contributed by atoms with E-state index in [0.717, 1.165) is 16.9 Å². The van der Waals surface area contributed by atoms with Crippen molar-refractivity contribution in [1.82, 2.24) is 9.55 Å². The van der Waals surface area contributed by atoms with E-state index in [0.29, 0.717) is 6.42 Å². The molecule has 0 aliphatic carbocycles. The molecule has 0 fully saturated rings. The Morgan fingerprint density at radius 3 is 2.89 bits per heavy atom. The maximum atomic E-state index is 11.3. The number of rotatable bonds is 4. The van der Waals surface area contributed by atoms with E-state index in [1.54, 1.807) is 6.92 Å². The fourth-order valence-electron chi connectivity index (χ4n) is 2.29. The number of carbonyl (C=O) groups excluding carboxylic acids is 1. The molecule has 4 nitrogen and oxygen atoms in total. The fraction of sp³-hybridized carbons (Fsp3) is 0.357. The third-order valence-corrected chi connectivity index (χ3v) is 2.93. The highest BCUT2D eigenvalue weighted by atomic mass is 16.1. The number of para-hydroxylation sites is 2. The standard InChI is InChI=1S/C14H15N3O/c1-10(9-11(2)18)17-13-6-4-3-5-12(13)16-14(17)7-8-15/h3-6,10H,7,9H2,1-2H3. The number of carbonyl (C=O) groups is 1. The Kier molecular flexibility index (Phi) is 3.42. The van der Waals surface area contributed by atoms with E-state index in [4.69, 9.17) is 5.26 Å². The SMILES string of the molecule is CC(=O)CC(C)n1c(CC#N)nc2ccccc21. The maximum Gasteiger partial charge on any atom is 0.131 e. The highest BCUT2D eigenvalue weighted by Crippen LogP contribution is 2.23. The average molecular weight is 241 g/mol. The van der Waals surface area contributed by atoms with Gasteiger partial charge in [0.25, 0.3) is 0 Å². The zero-order valence-corrected chi connectivity index (χ0v) is 10.6. The summed E-state index contributed by atoms with van der Waals surface area (Å²) in [6.07, 6.45) is 0.718. The summed E-state index contributed by atoms with van der Waals surface area (Å²) >= 11 is 0. The van der Waals surface area contributed by atoms with E-state index >= 15 is 0 Å². The van der Waals surface area contributed by atoms with Crippen LogP contribution in [0.25, 0.3) is 11.0 Å². The predicted octanol–water partition coefficient (Wildman–Crippen LogP) is 2.64. The highest BCUT2D eigenvalue weighted by Gasteiger charge is 2.16. The number of hydrogen-bond donors (Lipinski definition) is 0. The van der Waals surface area contributed by atoms with E-state index < -0.39 is 0 Å². The smallest absolute Gasteiger partial charge is 0.131 e. The molecule has 92 valence electrons. The van der Waals surface area contributed by atoms with Crippen molar-refractivity contribution >= 4 is 16.8 Å². The third-order valence-electron chi connectivity index (χ3n) is 2.93. The molecule has 0 radical (unpaired) electrons. The molecule has 0 N–H and O–H groups in total. The number of nitrogens with zero attached hydrogens (tertiary/aromatic N) is 3. The van der Waals surface area contributed by atoms with Crippen LogP contribution in [-0.4, -0.2) is 15.3 Å². The van der Waals surface area contributed by atoms with Gasteiger partial charge in [0.1, 0.15) is 11.6 Å². The average Bonchev–Trinajstić information content (AvgIpc) is 2.66. The van der Waals surface area contributed by atoms with Crippen molar-refractivity contribution in [1.29, 1.82) is 5.26 Å². The van der Waals surface area contributed by atoms with E-state index in [1.165, 1.54) is 0 Å². The molecule has 2 aromatic rings. The van der Waals surface area contributed by atoms with Crippen LogP contribution < -0.4 is 0 Å². The zero-order valence-electron chi connectivity index (χ0n) is 10.6. The number of Topliss-reactive ketones (excluding diaryl/α,β-unsaturated/α-hetero) is 1. The monoisotopic (exact) mass is 241 g/mol. The molecule has 0 bridgehead atoms. The van der Waals surface area contributed by atoms with Crippen molar-refractivity contribution in [3.63, 3.8) is 0 Å². The third kappa shape index (κ3) is 2.25. The van der Waals surface area contributed by atoms with Crippen molar-refractivity contribution in [2.45, 2.75) is 32.7 Å². The van der Waals surface area contributed by atoms with Gasteiger partial charge < -0.3 is 4.57 Å². The van der Waals surface area contributed by atoms with Gasteiger partial charge in [-0.25, -0.2) is 4.98 Å². The normalized spacial score (nSPS) is 12.3. The van der Waals surface area contributed by atoms with Gasteiger partial charge in [-0.3, -0.25) is 4.79 Å². The second kappa shape index (κ2) is 5.01. The van der Waals surface area contributed by atoms with Gasteiger partial charge in [-0.1, -0.05) is 12.1 Å². The lowest BCUT2D eigenvalue weighted by atomic mass is 10.1. The van der Waals surface area contributed by atoms with E-state index in [-0.39, 0.29) is 18.2 Å². The van der Waals surface area contributed by atoms with Gasteiger partial charge in [0.05, 0.1) is 23.5 Å².